The van der Waals surface area contributed by atoms with Crippen LogP contribution in [-0.4, -0.2) is 68.6 Å². The van der Waals surface area contributed by atoms with Crippen molar-refractivity contribution in [2.75, 3.05) is 44.1 Å². The normalized spacial score (nSPS) is 15.3. The number of amides is 1. The number of nitrogens with zero attached hydrogens (tertiary/aromatic N) is 2. The zero-order valence-electron chi connectivity index (χ0n) is 15.8. The van der Waals surface area contributed by atoms with Crippen molar-refractivity contribution in [3.05, 3.63) is 57.0 Å². The second kappa shape index (κ2) is 9.72. The molecular formula is C19H20Cl3N3O4S. The molecule has 1 fully saturated rings. The summed E-state index contributed by atoms with van der Waals surface area (Å²) in [5.74, 6) is -0.285. The number of halogens is 3. The number of hydrogen-bond acceptors (Lipinski definition) is 5. The quantitative estimate of drug-likeness (QED) is 0.646. The first-order chi connectivity index (χ1) is 14.2. The van der Waals surface area contributed by atoms with Gasteiger partial charge < -0.3 is 10.0 Å². The van der Waals surface area contributed by atoms with Crippen LogP contribution in [0.25, 0.3) is 0 Å². The fraction of sp³-hybridized carbons (Fsp3) is 0.316. The molecule has 0 bridgehead atoms. The molecule has 1 amide bonds. The molecule has 30 heavy (non-hydrogen) atoms. The maximum Gasteiger partial charge on any atom is 0.263 e. The molecule has 1 saturated heterocycles. The lowest BCUT2D eigenvalue weighted by atomic mass is 10.2. The van der Waals surface area contributed by atoms with Crippen LogP contribution in [0.4, 0.5) is 5.69 Å². The first-order valence-electron chi connectivity index (χ1n) is 9.11. The average Bonchev–Trinajstić information content (AvgIpc) is 2.71. The van der Waals surface area contributed by atoms with Crippen molar-refractivity contribution in [1.82, 2.24) is 9.80 Å². The van der Waals surface area contributed by atoms with Crippen LogP contribution in [0.3, 0.4) is 0 Å². The summed E-state index contributed by atoms with van der Waals surface area (Å²) in [7, 11) is -4.12. The maximum atomic E-state index is 12.9. The van der Waals surface area contributed by atoms with Gasteiger partial charge in [0.2, 0.25) is 0 Å². The number of β-amino-alcohol motifs (C(OH)–C–C–N with tert-alkyl or cyclic N) is 1. The van der Waals surface area contributed by atoms with Gasteiger partial charge in [0.15, 0.2) is 0 Å². The van der Waals surface area contributed by atoms with E-state index in [9.17, 15) is 13.2 Å². The lowest BCUT2D eigenvalue weighted by Crippen LogP contribution is -2.49. The lowest BCUT2D eigenvalue weighted by Gasteiger charge is -2.34. The van der Waals surface area contributed by atoms with E-state index < -0.39 is 10.0 Å². The van der Waals surface area contributed by atoms with Crippen LogP contribution < -0.4 is 4.72 Å². The van der Waals surface area contributed by atoms with Gasteiger partial charge in [-0.1, -0.05) is 34.8 Å². The highest BCUT2D eigenvalue weighted by atomic mass is 35.5. The molecule has 11 heteroatoms. The summed E-state index contributed by atoms with van der Waals surface area (Å²) in [5, 5.41) is 9.49. The van der Waals surface area contributed by atoms with Gasteiger partial charge in [-0.05, 0) is 36.4 Å². The highest BCUT2D eigenvalue weighted by Gasteiger charge is 2.25. The Hall–Kier alpha value is -1.55. The Kier molecular flexibility index (Phi) is 7.49. The SMILES string of the molecule is O=C(c1ccc(Cl)c(S(=O)(=O)Nc2cc(Cl)ccc2Cl)c1)N1CCN(CCO)CC1. The zero-order valence-corrected chi connectivity index (χ0v) is 18.9. The number of hydrogen-bond donors (Lipinski definition) is 2. The van der Waals surface area contributed by atoms with E-state index in [1.54, 1.807) is 4.90 Å². The number of nitrogens with one attached hydrogen (secondary N) is 1. The second-order valence-electron chi connectivity index (χ2n) is 6.73. The molecule has 3 rings (SSSR count). The van der Waals surface area contributed by atoms with Gasteiger partial charge in [0.1, 0.15) is 4.90 Å². The van der Waals surface area contributed by atoms with E-state index in [4.69, 9.17) is 39.9 Å². The fourth-order valence-corrected chi connectivity index (χ4v) is 5.11. The van der Waals surface area contributed by atoms with Crippen molar-refractivity contribution in [3.63, 3.8) is 0 Å². The van der Waals surface area contributed by atoms with E-state index in [1.807, 2.05) is 0 Å². The number of benzene rings is 2. The fourth-order valence-electron chi connectivity index (χ4n) is 3.12. The summed E-state index contributed by atoms with van der Waals surface area (Å²) in [6.07, 6.45) is 0. The smallest absolute Gasteiger partial charge is 0.263 e. The molecule has 1 aliphatic rings. The van der Waals surface area contributed by atoms with Crippen molar-refractivity contribution in [2.24, 2.45) is 0 Å². The van der Waals surface area contributed by atoms with Gasteiger partial charge in [0, 0.05) is 43.3 Å². The maximum absolute atomic E-state index is 12.9. The van der Waals surface area contributed by atoms with Crippen LogP contribution in [0.1, 0.15) is 10.4 Å². The monoisotopic (exact) mass is 491 g/mol. The Morgan fingerprint density at radius 1 is 1.00 bits per heavy atom. The van der Waals surface area contributed by atoms with E-state index in [0.717, 1.165) is 0 Å². The van der Waals surface area contributed by atoms with Crippen LogP contribution in [-0.2, 0) is 10.0 Å². The topological polar surface area (TPSA) is 90.0 Å². The third kappa shape index (κ3) is 5.38. The van der Waals surface area contributed by atoms with E-state index in [0.29, 0.717) is 37.7 Å². The lowest BCUT2D eigenvalue weighted by molar-refractivity contribution is 0.0615. The molecule has 0 saturated carbocycles. The minimum absolute atomic E-state index is 0.0232. The Labute approximate surface area is 190 Å². The number of piperazine rings is 1. The van der Waals surface area contributed by atoms with Gasteiger partial charge >= 0.3 is 0 Å². The number of rotatable bonds is 6. The number of carbonyl (C=O) groups excluding carboxylic acids is 1. The Balaban J connectivity index is 1.82. The Morgan fingerprint density at radius 3 is 2.33 bits per heavy atom. The predicted molar refractivity (Wildman–Crippen MR) is 118 cm³/mol. The van der Waals surface area contributed by atoms with Gasteiger partial charge in [-0.3, -0.25) is 14.4 Å². The molecule has 0 aliphatic carbocycles. The summed E-state index contributed by atoms with van der Waals surface area (Å²) in [5.41, 5.74) is 0.324. The molecule has 1 heterocycles. The first-order valence-corrected chi connectivity index (χ1v) is 11.7. The van der Waals surface area contributed by atoms with E-state index >= 15 is 0 Å². The molecule has 0 unspecified atom stereocenters. The molecule has 2 aromatic rings. The van der Waals surface area contributed by atoms with Gasteiger partial charge in [-0.2, -0.15) is 0 Å². The Morgan fingerprint density at radius 2 is 1.67 bits per heavy atom. The zero-order chi connectivity index (χ0) is 21.9. The van der Waals surface area contributed by atoms with Crippen LogP contribution in [0.15, 0.2) is 41.3 Å². The highest BCUT2D eigenvalue weighted by Crippen LogP contribution is 2.30. The van der Waals surface area contributed by atoms with Gasteiger partial charge in [-0.15, -0.1) is 0 Å². The van der Waals surface area contributed by atoms with Gasteiger partial charge in [-0.25, -0.2) is 8.42 Å². The molecule has 0 aromatic heterocycles. The first kappa shape index (κ1) is 23.1. The third-order valence-electron chi connectivity index (χ3n) is 4.72. The van der Waals surface area contributed by atoms with E-state index in [1.165, 1.54) is 36.4 Å². The molecule has 1 aliphatic heterocycles. The molecule has 2 aromatic carbocycles. The number of anilines is 1. The summed E-state index contributed by atoms with van der Waals surface area (Å²) in [6, 6.07) is 8.52. The van der Waals surface area contributed by atoms with Crippen molar-refractivity contribution in [2.45, 2.75) is 4.90 Å². The summed E-state index contributed by atoms with van der Waals surface area (Å²) < 4.78 is 28.2. The molecule has 7 nitrogen and oxygen atoms in total. The summed E-state index contributed by atoms with van der Waals surface area (Å²) in [6.45, 7) is 2.87. The minimum atomic E-state index is -4.12. The van der Waals surface area contributed by atoms with Crippen molar-refractivity contribution >= 4 is 56.4 Å². The molecule has 0 atom stereocenters. The average molecular weight is 493 g/mol. The number of sulfonamides is 1. The summed E-state index contributed by atoms with van der Waals surface area (Å²) in [4.78, 5) is 16.3. The van der Waals surface area contributed by atoms with Gasteiger partial charge in [0.25, 0.3) is 15.9 Å². The van der Waals surface area contributed by atoms with Crippen LogP contribution in [0.5, 0.6) is 0 Å². The van der Waals surface area contributed by atoms with Crippen molar-refractivity contribution in [1.29, 1.82) is 0 Å². The minimum Gasteiger partial charge on any atom is -0.395 e. The van der Waals surface area contributed by atoms with Crippen LogP contribution in [0.2, 0.25) is 15.1 Å². The molecular weight excluding hydrogens is 473 g/mol. The largest absolute Gasteiger partial charge is 0.395 e. The number of carbonyl (C=O) groups is 1. The van der Waals surface area contributed by atoms with Crippen LogP contribution in [0, 0.1) is 0 Å². The van der Waals surface area contributed by atoms with Crippen LogP contribution >= 0.6 is 34.8 Å². The number of aliphatic hydroxyl groups is 1. The van der Waals surface area contributed by atoms with Crippen molar-refractivity contribution in [3.8, 4) is 0 Å². The third-order valence-corrected chi connectivity index (χ3v) is 7.13. The highest BCUT2D eigenvalue weighted by molar-refractivity contribution is 7.92. The second-order valence-corrected chi connectivity index (χ2v) is 9.63. The van der Waals surface area contributed by atoms with E-state index in [2.05, 4.69) is 9.62 Å². The molecule has 0 spiro atoms. The van der Waals surface area contributed by atoms with Gasteiger partial charge in [0.05, 0.1) is 22.3 Å². The molecule has 0 radical (unpaired) electrons. The standard InChI is InChI=1S/C19H20Cl3N3O4S/c20-14-2-4-15(21)17(12-14)23-30(28,29)18-11-13(1-3-16(18)22)19(27)25-7-5-24(6-8-25)9-10-26/h1-4,11-12,23,26H,5-10H2. The molecule has 162 valence electrons. The summed E-state index contributed by atoms with van der Waals surface area (Å²) >= 11 is 18.1. The molecule has 2 N–H and O–H groups in total. The van der Waals surface area contributed by atoms with E-state index in [-0.39, 0.29) is 38.7 Å². The van der Waals surface area contributed by atoms with Crippen molar-refractivity contribution < 1.29 is 18.3 Å². The Bertz CT molecular complexity index is 1040. The number of aliphatic hydroxyl groups excluding tert-OH is 1. The predicted octanol–water partition coefficient (Wildman–Crippen LogP) is 3.20.